The minimum Gasteiger partial charge on any atom is -0.397 e. The van der Waals surface area contributed by atoms with Crippen LogP contribution in [0.5, 0.6) is 0 Å². The third-order valence-corrected chi connectivity index (χ3v) is 5.28. The van der Waals surface area contributed by atoms with Gasteiger partial charge in [0.25, 0.3) is 11.8 Å². The van der Waals surface area contributed by atoms with E-state index in [2.05, 4.69) is 24.1 Å². The lowest BCUT2D eigenvalue weighted by molar-refractivity contribution is 0.0967. The van der Waals surface area contributed by atoms with Gasteiger partial charge in [0.1, 0.15) is 9.88 Å². The van der Waals surface area contributed by atoms with Crippen molar-refractivity contribution < 1.29 is 9.59 Å². The Labute approximate surface area is 128 Å². The summed E-state index contributed by atoms with van der Waals surface area (Å²) in [5.41, 5.74) is 12.2. The summed E-state index contributed by atoms with van der Waals surface area (Å²) in [5.74, 6) is -0.873. The van der Waals surface area contributed by atoms with E-state index in [0.717, 1.165) is 25.9 Å². The summed E-state index contributed by atoms with van der Waals surface area (Å²) in [7, 11) is 1.54. The first-order chi connectivity index (χ1) is 9.76. The summed E-state index contributed by atoms with van der Waals surface area (Å²) >= 11 is 1.24. The number of piperidine rings is 1. The topological polar surface area (TPSA) is 101 Å². The minimum atomic E-state index is -0.585. The molecule has 21 heavy (non-hydrogen) atoms. The molecular formula is C14H22N4O2S. The predicted octanol–water partition coefficient (Wildman–Crippen LogP) is 1.42. The molecule has 0 spiro atoms. The van der Waals surface area contributed by atoms with E-state index in [9.17, 15) is 9.59 Å². The van der Waals surface area contributed by atoms with Gasteiger partial charge in [-0.05, 0) is 18.3 Å². The Morgan fingerprint density at radius 1 is 1.29 bits per heavy atom. The zero-order chi connectivity index (χ0) is 15.8. The Hall–Kier alpha value is -1.76. The monoisotopic (exact) mass is 310 g/mol. The lowest BCUT2D eigenvalue weighted by Gasteiger charge is -2.37. The molecule has 7 heteroatoms. The number of nitrogens with two attached hydrogens (primary N) is 2. The standard InChI is InChI=1S/C14H22N4O2S/c1-14(2)4-6-18(7-5-14)13-8(11(16)19)9(15)10(21-13)12(20)17-3/h4-7,15H2,1-3H3,(H2,16,19)(H,17,20). The zero-order valence-electron chi connectivity index (χ0n) is 12.7. The summed E-state index contributed by atoms with van der Waals surface area (Å²) in [6.45, 7) is 6.14. The number of hydrogen-bond donors (Lipinski definition) is 3. The van der Waals surface area contributed by atoms with Crippen molar-refractivity contribution in [3.8, 4) is 0 Å². The number of primary amides is 1. The van der Waals surface area contributed by atoms with E-state index in [1.54, 1.807) is 0 Å². The second kappa shape index (κ2) is 5.55. The highest BCUT2D eigenvalue weighted by atomic mass is 32.1. The number of thiophene rings is 1. The summed E-state index contributed by atoms with van der Waals surface area (Å²) in [4.78, 5) is 26.0. The van der Waals surface area contributed by atoms with Crippen LogP contribution in [0.3, 0.4) is 0 Å². The first-order valence-electron chi connectivity index (χ1n) is 6.96. The maximum Gasteiger partial charge on any atom is 0.263 e. The Balaban J connectivity index is 2.39. The number of hydrogen-bond acceptors (Lipinski definition) is 5. The number of amides is 2. The van der Waals surface area contributed by atoms with Gasteiger partial charge in [0.05, 0.1) is 11.3 Å². The fourth-order valence-electron chi connectivity index (χ4n) is 2.49. The highest BCUT2D eigenvalue weighted by Gasteiger charge is 2.31. The molecule has 0 radical (unpaired) electrons. The van der Waals surface area contributed by atoms with Gasteiger partial charge in [0.15, 0.2) is 0 Å². The molecule has 2 heterocycles. The first-order valence-corrected chi connectivity index (χ1v) is 7.77. The van der Waals surface area contributed by atoms with Gasteiger partial charge in [-0.3, -0.25) is 9.59 Å². The quantitative estimate of drug-likeness (QED) is 0.785. The van der Waals surface area contributed by atoms with Crippen molar-refractivity contribution in [3.05, 3.63) is 10.4 Å². The number of nitrogen functional groups attached to an aromatic ring is 1. The summed E-state index contributed by atoms with van der Waals surface area (Å²) in [6, 6.07) is 0. The molecule has 0 aliphatic carbocycles. The Morgan fingerprint density at radius 2 is 1.86 bits per heavy atom. The summed E-state index contributed by atoms with van der Waals surface area (Å²) in [6.07, 6.45) is 2.05. The van der Waals surface area contributed by atoms with E-state index in [4.69, 9.17) is 11.5 Å². The van der Waals surface area contributed by atoms with Crippen molar-refractivity contribution in [1.29, 1.82) is 0 Å². The first kappa shape index (κ1) is 15.6. The highest BCUT2D eigenvalue weighted by molar-refractivity contribution is 7.19. The second-order valence-electron chi connectivity index (χ2n) is 6.12. The molecule has 0 unspecified atom stereocenters. The maximum atomic E-state index is 11.9. The van der Waals surface area contributed by atoms with Crippen LogP contribution in [-0.4, -0.2) is 32.0 Å². The van der Waals surface area contributed by atoms with Gasteiger partial charge in [-0.2, -0.15) is 0 Å². The summed E-state index contributed by atoms with van der Waals surface area (Å²) in [5, 5.41) is 3.26. The average molecular weight is 310 g/mol. The van der Waals surface area contributed by atoms with Crippen LogP contribution in [0, 0.1) is 5.41 Å². The molecule has 0 aromatic carbocycles. The van der Waals surface area contributed by atoms with Crippen LogP contribution >= 0.6 is 11.3 Å². The molecule has 2 amide bonds. The van der Waals surface area contributed by atoms with Crippen molar-refractivity contribution in [2.45, 2.75) is 26.7 Å². The van der Waals surface area contributed by atoms with Gasteiger partial charge < -0.3 is 21.7 Å². The number of carbonyl (C=O) groups excluding carboxylic acids is 2. The molecule has 1 aliphatic rings. The van der Waals surface area contributed by atoms with Crippen LogP contribution in [0.4, 0.5) is 10.7 Å². The lowest BCUT2D eigenvalue weighted by atomic mass is 9.83. The Bertz CT molecular complexity index is 570. The fraction of sp³-hybridized carbons (Fsp3) is 0.571. The van der Waals surface area contributed by atoms with Crippen molar-refractivity contribution in [2.24, 2.45) is 11.1 Å². The van der Waals surface area contributed by atoms with Gasteiger partial charge in [0.2, 0.25) is 0 Å². The van der Waals surface area contributed by atoms with Gasteiger partial charge in [0, 0.05) is 20.1 Å². The van der Waals surface area contributed by atoms with Crippen LogP contribution in [-0.2, 0) is 0 Å². The molecule has 116 valence electrons. The summed E-state index contributed by atoms with van der Waals surface area (Å²) < 4.78 is 0. The third kappa shape index (κ3) is 2.97. The van der Waals surface area contributed by atoms with Crippen molar-refractivity contribution >= 4 is 33.8 Å². The SMILES string of the molecule is CNC(=O)c1sc(N2CCC(C)(C)CC2)c(C(N)=O)c1N. The lowest BCUT2D eigenvalue weighted by Crippen LogP contribution is -2.37. The molecule has 1 saturated heterocycles. The van der Waals surface area contributed by atoms with Gasteiger partial charge in [-0.15, -0.1) is 11.3 Å². The van der Waals surface area contributed by atoms with E-state index < -0.39 is 5.91 Å². The molecule has 1 fully saturated rings. The minimum absolute atomic E-state index is 0.187. The van der Waals surface area contributed by atoms with Crippen LogP contribution in [0.1, 0.15) is 46.7 Å². The van der Waals surface area contributed by atoms with Gasteiger partial charge in [-0.1, -0.05) is 13.8 Å². The highest BCUT2D eigenvalue weighted by Crippen LogP contribution is 2.41. The average Bonchev–Trinajstić information content (AvgIpc) is 2.75. The third-order valence-electron chi connectivity index (χ3n) is 4.01. The second-order valence-corrected chi connectivity index (χ2v) is 7.12. The number of anilines is 2. The maximum absolute atomic E-state index is 11.9. The molecule has 6 nitrogen and oxygen atoms in total. The van der Waals surface area contributed by atoms with E-state index in [0.29, 0.717) is 15.3 Å². The molecule has 1 aromatic rings. The van der Waals surface area contributed by atoms with Crippen LogP contribution in [0.2, 0.25) is 0 Å². The number of rotatable bonds is 3. The normalized spacial score (nSPS) is 17.6. The fourth-order valence-corrected chi connectivity index (χ4v) is 3.71. The van der Waals surface area contributed by atoms with E-state index in [-0.39, 0.29) is 17.2 Å². The number of carbonyl (C=O) groups is 2. The zero-order valence-corrected chi connectivity index (χ0v) is 13.5. The van der Waals surface area contributed by atoms with Crippen LogP contribution in [0.15, 0.2) is 0 Å². The molecule has 5 N–H and O–H groups in total. The van der Waals surface area contributed by atoms with Crippen molar-refractivity contribution in [1.82, 2.24) is 5.32 Å². The Kier molecular flexibility index (Phi) is 4.13. The smallest absolute Gasteiger partial charge is 0.263 e. The van der Waals surface area contributed by atoms with Gasteiger partial charge in [-0.25, -0.2) is 0 Å². The largest absolute Gasteiger partial charge is 0.397 e. The molecule has 0 atom stereocenters. The van der Waals surface area contributed by atoms with E-state index >= 15 is 0 Å². The van der Waals surface area contributed by atoms with Crippen molar-refractivity contribution in [3.63, 3.8) is 0 Å². The number of nitrogens with zero attached hydrogens (tertiary/aromatic N) is 1. The predicted molar refractivity (Wildman–Crippen MR) is 85.9 cm³/mol. The molecule has 1 aliphatic heterocycles. The van der Waals surface area contributed by atoms with Crippen molar-refractivity contribution in [2.75, 3.05) is 30.8 Å². The van der Waals surface area contributed by atoms with E-state index in [1.807, 2.05) is 0 Å². The molecule has 0 saturated carbocycles. The van der Waals surface area contributed by atoms with Crippen LogP contribution < -0.4 is 21.7 Å². The molecular weight excluding hydrogens is 288 g/mol. The molecule has 2 rings (SSSR count). The Morgan fingerprint density at radius 3 is 2.33 bits per heavy atom. The van der Waals surface area contributed by atoms with E-state index in [1.165, 1.54) is 18.4 Å². The van der Waals surface area contributed by atoms with Gasteiger partial charge >= 0.3 is 0 Å². The van der Waals surface area contributed by atoms with Crippen LogP contribution in [0.25, 0.3) is 0 Å². The molecule has 1 aromatic heterocycles. The number of nitrogens with one attached hydrogen (secondary N) is 1. The molecule has 0 bridgehead atoms.